The molecule has 3 amide bonds. The van der Waals surface area contributed by atoms with Crippen molar-refractivity contribution in [2.45, 2.75) is 13.0 Å². The molecule has 7 nitrogen and oxygen atoms in total. The third kappa shape index (κ3) is 5.46. The molecule has 1 aromatic heterocycles. The Morgan fingerprint density at radius 2 is 1.91 bits per heavy atom. The average Bonchev–Trinajstić information content (AvgIpc) is 2.95. The zero-order valence-corrected chi connectivity index (χ0v) is 13.3. The first-order valence-electron chi connectivity index (χ1n) is 7.37. The lowest BCUT2D eigenvalue weighted by molar-refractivity contribution is -0.128. The van der Waals surface area contributed by atoms with Gasteiger partial charge in [0.1, 0.15) is 0 Å². The topological polar surface area (TPSA) is 79.3 Å². The van der Waals surface area contributed by atoms with Gasteiger partial charge in [-0.2, -0.15) is 5.10 Å². The van der Waals surface area contributed by atoms with E-state index >= 15 is 0 Å². The van der Waals surface area contributed by atoms with Crippen LogP contribution in [0.25, 0.3) is 0 Å². The fraction of sp³-hybridized carbons (Fsp3) is 0.312. The molecule has 0 aliphatic carbocycles. The Kier molecular flexibility index (Phi) is 5.74. The largest absolute Gasteiger partial charge is 0.349 e. The number of nitrogens with one attached hydrogen (secondary N) is 2. The smallest absolute Gasteiger partial charge is 0.320 e. The maximum absolute atomic E-state index is 11.7. The summed E-state index contributed by atoms with van der Waals surface area (Å²) in [4.78, 5) is 24.6. The van der Waals surface area contributed by atoms with Crippen molar-refractivity contribution in [1.82, 2.24) is 20.0 Å². The van der Waals surface area contributed by atoms with Crippen molar-refractivity contribution in [1.29, 1.82) is 0 Å². The second-order valence-corrected chi connectivity index (χ2v) is 5.30. The molecule has 122 valence electrons. The van der Waals surface area contributed by atoms with E-state index in [1.165, 1.54) is 4.90 Å². The number of aromatic nitrogens is 2. The number of benzene rings is 1. The molecule has 1 aromatic carbocycles. The molecule has 0 aliphatic heterocycles. The molecular weight excluding hydrogens is 294 g/mol. The number of carbonyl (C=O) groups excluding carboxylic acids is 2. The van der Waals surface area contributed by atoms with Gasteiger partial charge in [0, 0.05) is 39.3 Å². The second-order valence-electron chi connectivity index (χ2n) is 5.30. The number of amides is 3. The fourth-order valence-corrected chi connectivity index (χ4v) is 1.95. The Morgan fingerprint density at radius 1 is 1.17 bits per heavy atom. The van der Waals surface area contributed by atoms with Crippen molar-refractivity contribution in [2.24, 2.45) is 0 Å². The summed E-state index contributed by atoms with van der Waals surface area (Å²) in [6.07, 6.45) is 2.07. The summed E-state index contributed by atoms with van der Waals surface area (Å²) in [6.45, 7) is 0.926. The molecule has 2 aromatic rings. The van der Waals surface area contributed by atoms with Crippen molar-refractivity contribution in [3.63, 3.8) is 0 Å². The lowest BCUT2D eigenvalue weighted by Crippen LogP contribution is -2.33. The van der Waals surface area contributed by atoms with Gasteiger partial charge in [0.05, 0.1) is 6.54 Å². The molecule has 0 radical (unpaired) electrons. The van der Waals surface area contributed by atoms with Gasteiger partial charge in [0.15, 0.2) is 5.82 Å². The van der Waals surface area contributed by atoms with Crippen LogP contribution < -0.4 is 10.6 Å². The molecule has 1 heterocycles. The molecule has 0 atom stereocenters. The molecule has 7 heteroatoms. The maximum Gasteiger partial charge on any atom is 0.320 e. The minimum absolute atomic E-state index is 0.0301. The first-order chi connectivity index (χ1) is 11.0. The van der Waals surface area contributed by atoms with Gasteiger partial charge in [-0.05, 0) is 5.56 Å². The maximum atomic E-state index is 11.7. The van der Waals surface area contributed by atoms with Crippen molar-refractivity contribution < 1.29 is 9.59 Å². The summed E-state index contributed by atoms with van der Waals surface area (Å²) in [6, 6.07) is 11.3. The quantitative estimate of drug-likeness (QED) is 0.848. The number of urea groups is 1. The van der Waals surface area contributed by atoms with E-state index in [1.807, 2.05) is 30.3 Å². The van der Waals surface area contributed by atoms with Crippen molar-refractivity contribution in [3.05, 3.63) is 48.2 Å². The van der Waals surface area contributed by atoms with Crippen LogP contribution in [0.3, 0.4) is 0 Å². The van der Waals surface area contributed by atoms with Crippen molar-refractivity contribution in [2.75, 3.05) is 26.0 Å². The lowest BCUT2D eigenvalue weighted by Gasteiger charge is -2.10. The summed E-state index contributed by atoms with van der Waals surface area (Å²) in [7, 11) is 3.36. The Bertz CT molecular complexity index is 652. The molecule has 2 rings (SSSR count). The number of nitrogens with zero attached hydrogens (tertiary/aromatic N) is 3. The summed E-state index contributed by atoms with van der Waals surface area (Å²) < 4.78 is 1.75. The third-order valence-electron chi connectivity index (χ3n) is 3.19. The van der Waals surface area contributed by atoms with Gasteiger partial charge in [0.2, 0.25) is 5.91 Å². The summed E-state index contributed by atoms with van der Waals surface area (Å²) in [5, 5.41) is 9.56. The minimum atomic E-state index is -0.374. The molecule has 0 saturated carbocycles. The standard InChI is InChI=1S/C16H21N5O2/c1-20(2)15(22)8-10-17-16(23)18-14-9-11-21(19-14)12-13-6-4-3-5-7-13/h3-7,9,11H,8,10,12H2,1-2H3,(H2,17,18,19,23). The predicted molar refractivity (Wildman–Crippen MR) is 88.1 cm³/mol. The number of anilines is 1. The number of carbonyl (C=O) groups is 2. The van der Waals surface area contributed by atoms with E-state index in [-0.39, 0.29) is 24.9 Å². The van der Waals surface area contributed by atoms with Crippen LogP contribution >= 0.6 is 0 Å². The Hall–Kier alpha value is -2.83. The van der Waals surface area contributed by atoms with Gasteiger partial charge in [-0.1, -0.05) is 30.3 Å². The van der Waals surface area contributed by atoms with Gasteiger partial charge < -0.3 is 10.2 Å². The fourth-order valence-electron chi connectivity index (χ4n) is 1.95. The van der Waals surface area contributed by atoms with Gasteiger partial charge in [-0.15, -0.1) is 0 Å². The van der Waals surface area contributed by atoms with Gasteiger partial charge in [-0.3, -0.25) is 14.8 Å². The van der Waals surface area contributed by atoms with E-state index in [4.69, 9.17) is 0 Å². The van der Waals surface area contributed by atoms with Gasteiger partial charge in [-0.25, -0.2) is 4.79 Å². The van der Waals surface area contributed by atoms with E-state index in [0.29, 0.717) is 12.4 Å². The Morgan fingerprint density at radius 3 is 2.61 bits per heavy atom. The molecule has 0 saturated heterocycles. The molecule has 0 unspecified atom stereocenters. The van der Waals surface area contributed by atoms with E-state index in [2.05, 4.69) is 15.7 Å². The average molecular weight is 315 g/mol. The van der Waals surface area contributed by atoms with E-state index < -0.39 is 0 Å². The van der Waals surface area contributed by atoms with E-state index in [1.54, 1.807) is 31.0 Å². The van der Waals surface area contributed by atoms with Crippen LogP contribution in [0.4, 0.5) is 10.6 Å². The van der Waals surface area contributed by atoms with E-state index in [0.717, 1.165) is 5.56 Å². The van der Waals surface area contributed by atoms with Crippen LogP contribution in [-0.2, 0) is 11.3 Å². The van der Waals surface area contributed by atoms with Crippen LogP contribution in [0.15, 0.2) is 42.6 Å². The SMILES string of the molecule is CN(C)C(=O)CCNC(=O)Nc1ccn(Cc2ccccc2)n1. The predicted octanol–water partition coefficient (Wildman–Crippen LogP) is 1.53. The summed E-state index contributed by atoms with van der Waals surface area (Å²) >= 11 is 0. The highest BCUT2D eigenvalue weighted by atomic mass is 16.2. The zero-order chi connectivity index (χ0) is 16.7. The number of rotatable bonds is 6. The Balaban J connectivity index is 1.77. The normalized spacial score (nSPS) is 10.2. The monoisotopic (exact) mass is 315 g/mol. The van der Waals surface area contributed by atoms with Crippen LogP contribution in [0.1, 0.15) is 12.0 Å². The third-order valence-corrected chi connectivity index (χ3v) is 3.19. The molecular formula is C16H21N5O2. The molecule has 0 bridgehead atoms. The van der Waals surface area contributed by atoms with Crippen LogP contribution in [0.2, 0.25) is 0 Å². The summed E-state index contributed by atoms with van der Waals surface area (Å²) in [5.74, 6) is 0.440. The number of hydrogen-bond donors (Lipinski definition) is 2. The molecule has 2 N–H and O–H groups in total. The molecule has 0 spiro atoms. The molecule has 23 heavy (non-hydrogen) atoms. The van der Waals surface area contributed by atoms with E-state index in [9.17, 15) is 9.59 Å². The minimum Gasteiger partial charge on any atom is -0.349 e. The van der Waals surface area contributed by atoms with Crippen molar-refractivity contribution >= 4 is 17.8 Å². The molecule has 0 fully saturated rings. The number of hydrogen-bond acceptors (Lipinski definition) is 3. The van der Waals surface area contributed by atoms with Crippen LogP contribution in [-0.4, -0.2) is 47.3 Å². The highest BCUT2D eigenvalue weighted by Crippen LogP contribution is 2.06. The first kappa shape index (κ1) is 16.5. The highest BCUT2D eigenvalue weighted by molar-refractivity contribution is 5.88. The van der Waals surface area contributed by atoms with Gasteiger partial charge >= 0.3 is 6.03 Å². The zero-order valence-electron chi connectivity index (χ0n) is 13.3. The molecule has 0 aliphatic rings. The van der Waals surface area contributed by atoms with Crippen LogP contribution in [0.5, 0.6) is 0 Å². The van der Waals surface area contributed by atoms with Gasteiger partial charge in [0.25, 0.3) is 0 Å². The lowest BCUT2D eigenvalue weighted by atomic mass is 10.2. The second kappa shape index (κ2) is 7.98. The van der Waals surface area contributed by atoms with Crippen molar-refractivity contribution in [3.8, 4) is 0 Å². The van der Waals surface area contributed by atoms with Crippen LogP contribution in [0, 0.1) is 0 Å². The highest BCUT2D eigenvalue weighted by Gasteiger charge is 2.07. The first-order valence-corrected chi connectivity index (χ1v) is 7.37. The summed E-state index contributed by atoms with van der Waals surface area (Å²) in [5.41, 5.74) is 1.13. The Labute approximate surface area is 135 Å².